The second kappa shape index (κ2) is 9.29. The number of hydrogen-bond donors (Lipinski definition) is 0. The molecule has 0 unspecified atom stereocenters. The maximum absolute atomic E-state index is 9.54. The Morgan fingerprint density at radius 2 is 1.25 bits per heavy atom. The van der Waals surface area contributed by atoms with Crippen molar-refractivity contribution in [3.05, 3.63) is 0 Å². The van der Waals surface area contributed by atoms with Gasteiger partial charge in [0.1, 0.15) is 0 Å². The summed E-state index contributed by atoms with van der Waals surface area (Å²) in [5.74, 6) is 0. The minimum atomic E-state index is -1.25. The van der Waals surface area contributed by atoms with Gasteiger partial charge in [0, 0.05) is 17.1 Å². The SMILES string of the molecule is FSF.[Cu]. The molecule has 0 nitrogen and oxygen atoms in total. The zero-order chi connectivity index (χ0) is 2.71. The first-order valence-electron chi connectivity index (χ1n) is 0.309. The Morgan fingerprint density at radius 3 is 1.25 bits per heavy atom. The van der Waals surface area contributed by atoms with Crippen molar-refractivity contribution < 1.29 is 24.8 Å². The van der Waals surface area contributed by atoms with Gasteiger partial charge in [-0.25, -0.2) is 0 Å². The van der Waals surface area contributed by atoms with Gasteiger partial charge in [0.15, 0.2) is 0 Å². The third-order valence-electron chi connectivity index (χ3n) is 0. The molecule has 0 aromatic heterocycles. The quantitative estimate of drug-likeness (QED) is 0.451. The predicted molar refractivity (Wildman–Crippen MR) is 9.81 cm³/mol. The van der Waals surface area contributed by atoms with Crippen LogP contribution in [0.15, 0.2) is 0 Å². The van der Waals surface area contributed by atoms with Crippen LogP contribution in [0.1, 0.15) is 0 Å². The molecule has 0 amide bonds. The average molecular weight is 134 g/mol. The Hall–Kier alpha value is 0.729. The van der Waals surface area contributed by atoms with Crippen molar-refractivity contribution in [2.45, 2.75) is 0 Å². The number of rotatable bonds is 0. The van der Waals surface area contributed by atoms with Gasteiger partial charge in [0.25, 0.3) is 12.5 Å². The zero-order valence-electron chi connectivity index (χ0n) is 1.47. The molecule has 0 atom stereocenters. The molecule has 4 heavy (non-hydrogen) atoms. The first-order chi connectivity index (χ1) is 1.41. The summed E-state index contributed by atoms with van der Waals surface area (Å²) in [6, 6.07) is 0. The summed E-state index contributed by atoms with van der Waals surface area (Å²) in [6.07, 6.45) is 0. The largest absolute Gasteiger partial charge is 0.255 e. The van der Waals surface area contributed by atoms with Gasteiger partial charge in [-0.1, -0.05) is 0 Å². The summed E-state index contributed by atoms with van der Waals surface area (Å²) in [4.78, 5) is 0. The smallest absolute Gasteiger partial charge is 0.127 e. The summed E-state index contributed by atoms with van der Waals surface area (Å²) in [5, 5.41) is 0. The summed E-state index contributed by atoms with van der Waals surface area (Å²) < 4.78 is 19.1. The van der Waals surface area contributed by atoms with Crippen LogP contribution in [-0.2, 0) is 17.1 Å². The van der Waals surface area contributed by atoms with Crippen LogP contribution in [0.3, 0.4) is 0 Å². The Balaban J connectivity index is 0. The normalized spacial score (nSPS) is 4.50. The van der Waals surface area contributed by atoms with Crippen LogP contribution < -0.4 is 0 Å². The van der Waals surface area contributed by atoms with Crippen molar-refractivity contribution in [1.29, 1.82) is 0 Å². The van der Waals surface area contributed by atoms with Gasteiger partial charge < -0.3 is 0 Å². The minimum Gasteiger partial charge on any atom is -0.127 e. The summed E-state index contributed by atoms with van der Waals surface area (Å²) in [7, 11) is 0. The standard InChI is InChI=1S/Cu.F2S/c;1-3-2. The molecule has 0 spiro atoms. The van der Waals surface area contributed by atoms with Gasteiger partial charge in [0.2, 0.25) is 0 Å². The van der Waals surface area contributed by atoms with Crippen molar-refractivity contribution in [1.82, 2.24) is 0 Å². The van der Waals surface area contributed by atoms with Crippen molar-refractivity contribution >= 4 is 12.5 Å². The van der Waals surface area contributed by atoms with Crippen LogP contribution in [-0.4, -0.2) is 0 Å². The molecule has 0 aromatic carbocycles. The molecule has 0 aliphatic rings. The van der Waals surface area contributed by atoms with Gasteiger partial charge >= 0.3 is 0 Å². The molecule has 1 radical (unpaired) electrons. The van der Waals surface area contributed by atoms with Crippen LogP contribution in [0.2, 0.25) is 0 Å². The first kappa shape index (κ1) is 8.83. The van der Waals surface area contributed by atoms with Crippen LogP contribution in [0.5, 0.6) is 0 Å². The topological polar surface area (TPSA) is 0 Å². The van der Waals surface area contributed by atoms with Crippen molar-refractivity contribution in [3.8, 4) is 0 Å². The van der Waals surface area contributed by atoms with E-state index in [0.717, 1.165) is 0 Å². The Bertz CT molecular complexity index is 6.00. The van der Waals surface area contributed by atoms with Crippen LogP contribution in [0.25, 0.3) is 0 Å². The maximum atomic E-state index is 9.54. The molecule has 0 saturated carbocycles. The molecule has 31 valence electrons. The molecular weight excluding hydrogens is 134 g/mol. The van der Waals surface area contributed by atoms with Gasteiger partial charge in [-0.05, 0) is 0 Å². The summed E-state index contributed by atoms with van der Waals surface area (Å²) in [5.41, 5.74) is 0. The van der Waals surface area contributed by atoms with Gasteiger partial charge in [-0.3, -0.25) is 0 Å². The molecular formula is CuF2S. The summed E-state index contributed by atoms with van der Waals surface area (Å²) in [6.45, 7) is 0. The Labute approximate surface area is 38.0 Å². The molecule has 0 rings (SSSR count). The molecule has 4 heteroatoms. The van der Waals surface area contributed by atoms with E-state index in [1.165, 1.54) is 0 Å². The average Bonchev–Trinajstić information content (AvgIpc) is 0.918. The van der Waals surface area contributed by atoms with E-state index < -0.39 is 12.5 Å². The van der Waals surface area contributed by atoms with E-state index in [-0.39, 0.29) is 17.1 Å². The maximum Gasteiger partial charge on any atom is 0.255 e. The fraction of sp³-hybridized carbons (Fsp3) is 0. The van der Waals surface area contributed by atoms with Crippen LogP contribution >= 0.6 is 12.5 Å². The van der Waals surface area contributed by atoms with Gasteiger partial charge in [-0.15, -0.1) is 7.77 Å². The zero-order valence-corrected chi connectivity index (χ0v) is 3.22. The van der Waals surface area contributed by atoms with E-state index in [0.29, 0.717) is 0 Å². The van der Waals surface area contributed by atoms with E-state index >= 15 is 0 Å². The molecule has 0 fully saturated rings. The van der Waals surface area contributed by atoms with Crippen molar-refractivity contribution in [3.63, 3.8) is 0 Å². The number of hydrogen-bond acceptors (Lipinski definition) is 1. The van der Waals surface area contributed by atoms with Gasteiger partial charge in [0.05, 0.1) is 0 Å². The third kappa shape index (κ3) is 15.3. The second-order valence-electron chi connectivity index (χ2n) is 0.0583. The van der Waals surface area contributed by atoms with Crippen molar-refractivity contribution in [2.24, 2.45) is 0 Å². The fourth-order valence-electron chi connectivity index (χ4n) is 0. The number of halogens is 2. The summed E-state index contributed by atoms with van der Waals surface area (Å²) >= 11 is -1.25. The Kier molecular flexibility index (Phi) is 20.5. The van der Waals surface area contributed by atoms with Crippen LogP contribution in [0.4, 0.5) is 7.77 Å². The third-order valence-corrected chi connectivity index (χ3v) is 0. The Morgan fingerprint density at radius 1 is 1.25 bits per heavy atom. The molecule has 0 aromatic rings. The van der Waals surface area contributed by atoms with Crippen molar-refractivity contribution in [2.75, 3.05) is 0 Å². The monoisotopic (exact) mass is 133 g/mol. The molecule has 0 saturated heterocycles. The van der Waals surface area contributed by atoms with E-state index in [1.54, 1.807) is 0 Å². The molecule has 0 aliphatic heterocycles. The molecule has 0 aliphatic carbocycles. The minimum absolute atomic E-state index is 0. The molecule has 0 N–H and O–H groups in total. The van der Waals surface area contributed by atoms with Crippen LogP contribution in [0, 0.1) is 0 Å². The van der Waals surface area contributed by atoms with E-state index in [2.05, 4.69) is 0 Å². The fourth-order valence-corrected chi connectivity index (χ4v) is 0. The first-order valence-corrected chi connectivity index (χ1v) is 0.926. The predicted octanol–water partition coefficient (Wildman–Crippen LogP) is 1.49. The van der Waals surface area contributed by atoms with Gasteiger partial charge in [-0.2, -0.15) is 0 Å². The van der Waals surface area contributed by atoms with E-state index in [4.69, 9.17) is 0 Å². The van der Waals surface area contributed by atoms with E-state index in [9.17, 15) is 7.77 Å². The molecule has 0 bridgehead atoms. The molecule has 0 heterocycles. The van der Waals surface area contributed by atoms with E-state index in [1.807, 2.05) is 0 Å². The second-order valence-corrected chi connectivity index (χ2v) is 0.175.